The number of ether oxygens (including phenoxy) is 1. The first kappa shape index (κ1) is 15.6. The summed E-state index contributed by atoms with van der Waals surface area (Å²) in [7, 11) is 2.02. The SMILES string of the molecule is CNC1CC(C)(C)CC(C)(OCC(Cl)CCl)C1. The highest BCUT2D eigenvalue weighted by Crippen LogP contribution is 2.42. The highest BCUT2D eigenvalue weighted by molar-refractivity contribution is 6.28. The van der Waals surface area contributed by atoms with Crippen LogP contribution < -0.4 is 5.32 Å². The van der Waals surface area contributed by atoms with E-state index in [-0.39, 0.29) is 11.0 Å². The fraction of sp³-hybridized carbons (Fsp3) is 1.00. The molecule has 2 nitrogen and oxygen atoms in total. The van der Waals surface area contributed by atoms with Crippen molar-refractivity contribution in [2.45, 2.75) is 57.1 Å². The molecule has 0 bridgehead atoms. The molecule has 0 radical (unpaired) electrons. The van der Waals surface area contributed by atoms with Crippen LogP contribution in [0.25, 0.3) is 0 Å². The Labute approximate surface area is 115 Å². The van der Waals surface area contributed by atoms with Gasteiger partial charge >= 0.3 is 0 Å². The molecule has 0 spiro atoms. The van der Waals surface area contributed by atoms with Crippen LogP contribution in [0, 0.1) is 5.41 Å². The number of alkyl halides is 2. The molecule has 0 saturated heterocycles. The first-order valence-corrected chi connectivity index (χ1v) is 7.29. The molecule has 0 heterocycles. The molecule has 1 rings (SSSR count). The Kier molecular flexibility index (Phi) is 5.58. The van der Waals surface area contributed by atoms with Crippen LogP contribution in [-0.2, 0) is 4.74 Å². The molecule has 3 atom stereocenters. The molecule has 0 aromatic heterocycles. The topological polar surface area (TPSA) is 21.3 Å². The molecule has 0 aromatic rings. The van der Waals surface area contributed by atoms with Gasteiger partial charge in [0.2, 0.25) is 0 Å². The van der Waals surface area contributed by atoms with Gasteiger partial charge in [0.05, 0.1) is 17.6 Å². The summed E-state index contributed by atoms with van der Waals surface area (Å²) in [5.74, 6) is 0.441. The zero-order valence-electron chi connectivity index (χ0n) is 11.4. The van der Waals surface area contributed by atoms with Crippen molar-refractivity contribution in [1.82, 2.24) is 5.32 Å². The Morgan fingerprint density at radius 2 is 2.00 bits per heavy atom. The molecular formula is C13H25Cl2NO. The van der Waals surface area contributed by atoms with E-state index < -0.39 is 0 Å². The van der Waals surface area contributed by atoms with E-state index in [0.29, 0.717) is 23.9 Å². The van der Waals surface area contributed by atoms with Gasteiger partial charge in [-0.15, -0.1) is 23.2 Å². The van der Waals surface area contributed by atoms with Gasteiger partial charge in [-0.3, -0.25) is 0 Å². The molecule has 1 saturated carbocycles. The quantitative estimate of drug-likeness (QED) is 0.780. The lowest BCUT2D eigenvalue weighted by atomic mass is 9.68. The van der Waals surface area contributed by atoms with Crippen LogP contribution in [0.15, 0.2) is 0 Å². The first-order valence-electron chi connectivity index (χ1n) is 6.31. The van der Waals surface area contributed by atoms with Crippen molar-refractivity contribution in [1.29, 1.82) is 0 Å². The Morgan fingerprint density at radius 1 is 1.35 bits per heavy atom. The van der Waals surface area contributed by atoms with Gasteiger partial charge in [-0.25, -0.2) is 0 Å². The number of hydrogen-bond acceptors (Lipinski definition) is 2. The number of halogens is 2. The van der Waals surface area contributed by atoms with Gasteiger partial charge in [-0.05, 0) is 38.6 Å². The minimum absolute atomic E-state index is 0.0887. The molecule has 1 aliphatic carbocycles. The van der Waals surface area contributed by atoms with Crippen molar-refractivity contribution < 1.29 is 4.74 Å². The molecule has 1 aliphatic rings. The summed E-state index contributed by atoms with van der Waals surface area (Å²) in [5, 5.41) is 3.29. The van der Waals surface area contributed by atoms with Crippen molar-refractivity contribution in [2.75, 3.05) is 19.5 Å². The lowest BCUT2D eigenvalue weighted by Crippen LogP contribution is -2.49. The maximum atomic E-state index is 6.03. The summed E-state index contributed by atoms with van der Waals surface area (Å²) < 4.78 is 6.03. The third kappa shape index (κ3) is 4.94. The third-order valence-electron chi connectivity index (χ3n) is 3.52. The Hall–Kier alpha value is 0.500. The molecule has 102 valence electrons. The summed E-state index contributed by atoms with van der Waals surface area (Å²) in [6, 6.07) is 0.522. The van der Waals surface area contributed by atoms with E-state index in [0.717, 1.165) is 12.8 Å². The minimum atomic E-state index is -0.0911. The lowest BCUT2D eigenvalue weighted by Gasteiger charge is -2.46. The predicted octanol–water partition coefficient (Wildman–Crippen LogP) is 3.41. The van der Waals surface area contributed by atoms with Gasteiger partial charge < -0.3 is 10.1 Å². The van der Waals surface area contributed by atoms with Crippen LogP contribution in [0.1, 0.15) is 40.0 Å². The molecule has 0 amide bonds. The molecule has 1 fully saturated rings. The van der Waals surface area contributed by atoms with E-state index in [2.05, 4.69) is 26.1 Å². The standard InChI is InChI=1S/C13H25Cl2NO/c1-12(2)5-11(16-4)6-13(3,9-12)17-8-10(15)7-14/h10-11,16H,5-9H2,1-4H3. The minimum Gasteiger partial charge on any atom is -0.374 e. The molecule has 0 aliphatic heterocycles. The number of nitrogens with one attached hydrogen (secondary N) is 1. The van der Waals surface area contributed by atoms with E-state index in [1.165, 1.54) is 6.42 Å². The summed E-state index contributed by atoms with van der Waals surface area (Å²) in [6.45, 7) is 7.33. The molecule has 1 N–H and O–H groups in total. The molecule has 17 heavy (non-hydrogen) atoms. The Balaban J connectivity index is 2.60. The van der Waals surface area contributed by atoms with Gasteiger partial charge in [0.15, 0.2) is 0 Å². The van der Waals surface area contributed by atoms with Crippen molar-refractivity contribution in [3.8, 4) is 0 Å². The zero-order valence-corrected chi connectivity index (χ0v) is 12.9. The van der Waals surface area contributed by atoms with Crippen molar-refractivity contribution >= 4 is 23.2 Å². The van der Waals surface area contributed by atoms with Gasteiger partial charge in [-0.1, -0.05) is 13.8 Å². The monoisotopic (exact) mass is 281 g/mol. The van der Waals surface area contributed by atoms with E-state index in [4.69, 9.17) is 27.9 Å². The molecule has 4 heteroatoms. The second-order valence-electron chi connectivity index (χ2n) is 6.25. The summed E-state index contributed by atoms with van der Waals surface area (Å²) in [6.07, 6.45) is 3.31. The lowest BCUT2D eigenvalue weighted by molar-refractivity contribution is -0.0917. The normalized spacial score (nSPS) is 34.6. The van der Waals surface area contributed by atoms with E-state index in [1.54, 1.807) is 0 Å². The van der Waals surface area contributed by atoms with Gasteiger partial charge in [-0.2, -0.15) is 0 Å². The van der Waals surface area contributed by atoms with E-state index in [9.17, 15) is 0 Å². The van der Waals surface area contributed by atoms with Gasteiger partial charge in [0, 0.05) is 11.9 Å². The maximum Gasteiger partial charge on any atom is 0.0705 e. The zero-order chi connectivity index (χ0) is 13.1. The smallest absolute Gasteiger partial charge is 0.0705 e. The fourth-order valence-electron chi connectivity index (χ4n) is 3.07. The van der Waals surface area contributed by atoms with Crippen LogP contribution in [-0.4, -0.2) is 36.6 Å². The maximum absolute atomic E-state index is 6.03. The fourth-order valence-corrected chi connectivity index (χ4v) is 3.22. The molecular weight excluding hydrogens is 257 g/mol. The largest absolute Gasteiger partial charge is 0.374 e. The van der Waals surface area contributed by atoms with E-state index in [1.807, 2.05) is 7.05 Å². The van der Waals surface area contributed by atoms with Crippen LogP contribution in [0.4, 0.5) is 0 Å². The van der Waals surface area contributed by atoms with Crippen LogP contribution in [0.3, 0.4) is 0 Å². The number of rotatable bonds is 5. The summed E-state index contributed by atoms with van der Waals surface area (Å²) in [5.41, 5.74) is 0.220. The van der Waals surface area contributed by atoms with Crippen LogP contribution in [0.2, 0.25) is 0 Å². The van der Waals surface area contributed by atoms with Crippen LogP contribution in [0.5, 0.6) is 0 Å². The molecule has 0 aromatic carbocycles. The highest BCUT2D eigenvalue weighted by Gasteiger charge is 2.41. The van der Waals surface area contributed by atoms with Crippen LogP contribution >= 0.6 is 23.2 Å². The summed E-state index contributed by atoms with van der Waals surface area (Å²) >= 11 is 11.7. The second kappa shape index (κ2) is 6.10. The average Bonchev–Trinajstić information content (AvgIpc) is 2.23. The highest BCUT2D eigenvalue weighted by atomic mass is 35.5. The van der Waals surface area contributed by atoms with Crippen molar-refractivity contribution in [3.63, 3.8) is 0 Å². The summed E-state index contributed by atoms with van der Waals surface area (Å²) in [4.78, 5) is 0. The second-order valence-corrected chi connectivity index (χ2v) is 7.17. The van der Waals surface area contributed by atoms with Gasteiger partial charge in [0.25, 0.3) is 0 Å². The van der Waals surface area contributed by atoms with Crippen molar-refractivity contribution in [2.24, 2.45) is 5.41 Å². The average molecular weight is 282 g/mol. The van der Waals surface area contributed by atoms with E-state index >= 15 is 0 Å². The van der Waals surface area contributed by atoms with Crippen molar-refractivity contribution in [3.05, 3.63) is 0 Å². The van der Waals surface area contributed by atoms with Gasteiger partial charge in [0.1, 0.15) is 0 Å². The number of hydrogen-bond donors (Lipinski definition) is 1. The molecule has 3 unspecified atom stereocenters. The Bertz CT molecular complexity index is 248. The predicted molar refractivity (Wildman–Crippen MR) is 75.2 cm³/mol. The third-order valence-corrected chi connectivity index (χ3v) is 4.33. The first-order chi connectivity index (χ1) is 7.80. The Morgan fingerprint density at radius 3 is 2.53 bits per heavy atom.